The summed E-state index contributed by atoms with van der Waals surface area (Å²) in [6, 6.07) is 11.5. The molecule has 1 aliphatic rings. The number of hydrogen-bond donors (Lipinski definition) is 0. The van der Waals surface area contributed by atoms with Gasteiger partial charge >= 0.3 is 12.1 Å². The van der Waals surface area contributed by atoms with E-state index >= 15 is 0 Å². The molecule has 0 spiro atoms. The SMILES string of the molecule is CC[C@H](COc1cc(-c2ccc(N3CCN(Cc4ccc(OC)nc4)CC3)nc2)c2c(C#N)cnn2c1)OC(=O)C(F)(F)F. The maximum absolute atomic E-state index is 12.7. The highest BCUT2D eigenvalue weighted by Gasteiger charge is 2.42. The van der Waals surface area contributed by atoms with Gasteiger partial charge in [0.25, 0.3) is 0 Å². The number of pyridine rings is 3. The topological polar surface area (TPSA) is 118 Å². The van der Waals surface area contributed by atoms with Crippen molar-refractivity contribution in [3.8, 4) is 28.8 Å². The van der Waals surface area contributed by atoms with E-state index in [2.05, 4.69) is 30.7 Å². The first-order valence-electron chi connectivity index (χ1n) is 13.9. The number of fused-ring (bicyclic) bond motifs is 1. The summed E-state index contributed by atoms with van der Waals surface area (Å²) in [5, 5.41) is 13.9. The van der Waals surface area contributed by atoms with Gasteiger partial charge in [0, 0.05) is 62.3 Å². The summed E-state index contributed by atoms with van der Waals surface area (Å²) in [6.07, 6.45) is 0.390. The van der Waals surface area contributed by atoms with Crippen molar-refractivity contribution in [3.63, 3.8) is 0 Å². The normalized spacial score (nSPS) is 14.7. The molecule has 0 unspecified atom stereocenters. The zero-order valence-corrected chi connectivity index (χ0v) is 24.1. The van der Waals surface area contributed by atoms with Gasteiger partial charge in [0.05, 0.1) is 30.6 Å². The van der Waals surface area contributed by atoms with Crippen LogP contribution in [0.5, 0.6) is 11.6 Å². The van der Waals surface area contributed by atoms with Crippen LogP contribution in [0.25, 0.3) is 16.6 Å². The molecule has 0 radical (unpaired) electrons. The maximum Gasteiger partial charge on any atom is 0.490 e. The summed E-state index contributed by atoms with van der Waals surface area (Å²) < 4.78 is 54.9. The van der Waals surface area contributed by atoms with E-state index in [1.807, 2.05) is 30.5 Å². The van der Waals surface area contributed by atoms with E-state index in [9.17, 15) is 23.2 Å². The predicted molar refractivity (Wildman–Crippen MR) is 153 cm³/mol. The van der Waals surface area contributed by atoms with Crippen LogP contribution in [-0.4, -0.2) is 82.6 Å². The van der Waals surface area contributed by atoms with E-state index in [1.54, 1.807) is 26.3 Å². The largest absolute Gasteiger partial charge is 0.490 e. The van der Waals surface area contributed by atoms with Gasteiger partial charge in [-0.1, -0.05) is 13.0 Å². The molecule has 0 aliphatic carbocycles. The Balaban J connectivity index is 1.28. The molecule has 0 N–H and O–H groups in total. The second-order valence-corrected chi connectivity index (χ2v) is 10.2. The van der Waals surface area contributed by atoms with Gasteiger partial charge in [0.1, 0.15) is 30.3 Å². The van der Waals surface area contributed by atoms with Gasteiger partial charge in [-0.15, -0.1) is 0 Å². The number of alkyl halides is 3. The van der Waals surface area contributed by atoms with Crippen LogP contribution in [0, 0.1) is 11.3 Å². The fourth-order valence-corrected chi connectivity index (χ4v) is 4.87. The summed E-state index contributed by atoms with van der Waals surface area (Å²) in [5.74, 6) is -0.595. The number of rotatable bonds is 10. The van der Waals surface area contributed by atoms with E-state index in [1.165, 1.54) is 16.9 Å². The second kappa shape index (κ2) is 13.2. The highest BCUT2D eigenvalue weighted by atomic mass is 19.4. The van der Waals surface area contributed by atoms with Gasteiger partial charge in [-0.25, -0.2) is 19.3 Å². The Morgan fingerprint density at radius 1 is 1.09 bits per heavy atom. The van der Waals surface area contributed by atoms with Crippen molar-refractivity contribution < 1.29 is 32.2 Å². The van der Waals surface area contributed by atoms with E-state index in [-0.39, 0.29) is 18.8 Å². The van der Waals surface area contributed by atoms with Crippen molar-refractivity contribution in [2.45, 2.75) is 32.2 Å². The lowest BCUT2D eigenvalue weighted by Gasteiger charge is -2.35. The molecule has 4 aromatic heterocycles. The number of anilines is 1. The van der Waals surface area contributed by atoms with Gasteiger partial charge in [0.2, 0.25) is 5.88 Å². The smallest absolute Gasteiger partial charge is 0.488 e. The van der Waals surface area contributed by atoms with E-state index < -0.39 is 18.2 Å². The standard InChI is InChI=1S/C30H30F3N7O4/c1-3-23(44-29(41)30(31,32)33)19-43-24-12-25(28-22(13-34)16-37-40(28)18-24)21-5-6-26(35-15-21)39-10-8-38(9-11-39)17-20-4-7-27(42-2)36-14-20/h4-7,12,14-16,18,23H,3,8-11,17,19H2,1-2H3/t23-/m1/s1. The Labute approximate surface area is 251 Å². The molecule has 11 nitrogen and oxygen atoms in total. The van der Waals surface area contributed by atoms with Crippen LogP contribution in [0.15, 0.2) is 55.1 Å². The molecule has 0 bridgehead atoms. The van der Waals surface area contributed by atoms with Crippen molar-refractivity contribution in [2.24, 2.45) is 0 Å². The van der Waals surface area contributed by atoms with Gasteiger partial charge in [-0.2, -0.15) is 23.5 Å². The van der Waals surface area contributed by atoms with Gasteiger partial charge < -0.3 is 19.1 Å². The summed E-state index contributed by atoms with van der Waals surface area (Å²) in [7, 11) is 1.59. The van der Waals surface area contributed by atoms with Crippen LogP contribution in [0.4, 0.5) is 19.0 Å². The molecule has 1 saturated heterocycles. The van der Waals surface area contributed by atoms with Crippen molar-refractivity contribution in [1.29, 1.82) is 5.26 Å². The predicted octanol–water partition coefficient (Wildman–Crippen LogP) is 4.26. The van der Waals surface area contributed by atoms with Crippen LogP contribution >= 0.6 is 0 Å². The average molecular weight is 610 g/mol. The van der Waals surface area contributed by atoms with Crippen LogP contribution in [0.2, 0.25) is 0 Å². The first-order chi connectivity index (χ1) is 21.2. The molecule has 44 heavy (non-hydrogen) atoms. The van der Waals surface area contributed by atoms with E-state index in [0.29, 0.717) is 28.1 Å². The van der Waals surface area contributed by atoms with Gasteiger partial charge in [-0.05, 0) is 30.2 Å². The number of piperazine rings is 1. The Hall–Kier alpha value is -4.90. The van der Waals surface area contributed by atoms with Crippen LogP contribution in [0.3, 0.4) is 0 Å². The van der Waals surface area contributed by atoms with Crippen molar-refractivity contribution in [3.05, 3.63) is 66.2 Å². The molecule has 5 rings (SSSR count). The Morgan fingerprint density at radius 3 is 2.50 bits per heavy atom. The molecule has 4 aromatic rings. The molecule has 1 atom stereocenters. The Kier molecular flexibility index (Phi) is 9.15. The van der Waals surface area contributed by atoms with Gasteiger partial charge in [0.15, 0.2) is 0 Å². The number of methoxy groups -OCH3 is 1. The minimum Gasteiger partial charge on any atom is -0.488 e. The first kappa shape index (κ1) is 30.6. The number of esters is 1. The third-order valence-electron chi connectivity index (χ3n) is 7.27. The van der Waals surface area contributed by atoms with Gasteiger partial charge in [-0.3, -0.25) is 4.90 Å². The highest BCUT2D eigenvalue weighted by molar-refractivity contribution is 5.85. The second-order valence-electron chi connectivity index (χ2n) is 10.2. The molecular formula is C30H30F3N7O4. The highest BCUT2D eigenvalue weighted by Crippen LogP contribution is 2.32. The number of aromatic nitrogens is 4. The molecule has 0 aromatic carbocycles. The molecule has 0 amide bonds. The summed E-state index contributed by atoms with van der Waals surface area (Å²) in [5.41, 5.74) is 3.29. The summed E-state index contributed by atoms with van der Waals surface area (Å²) >= 11 is 0. The molecule has 1 aliphatic heterocycles. The lowest BCUT2D eigenvalue weighted by atomic mass is 10.1. The molecule has 1 fully saturated rings. The molecule has 0 saturated carbocycles. The Bertz CT molecular complexity index is 1630. The Morgan fingerprint density at radius 2 is 1.89 bits per heavy atom. The third-order valence-corrected chi connectivity index (χ3v) is 7.27. The molecule has 5 heterocycles. The minimum atomic E-state index is -5.09. The number of carbonyl (C=O) groups excluding carboxylic acids is 1. The van der Waals surface area contributed by atoms with Crippen LogP contribution in [0.1, 0.15) is 24.5 Å². The quantitative estimate of drug-likeness (QED) is 0.242. The van der Waals surface area contributed by atoms with Crippen LogP contribution < -0.4 is 14.4 Å². The third kappa shape index (κ3) is 7.00. The fraction of sp³-hybridized carbons (Fsp3) is 0.367. The molecule has 230 valence electrons. The lowest BCUT2D eigenvalue weighted by Crippen LogP contribution is -2.46. The zero-order valence-electron chi connectivity index (χ0n) is 24.1. The average Bonchev–Trinajstić information content (AvgIpc) is 3.46. The number of hydrogen-bond acceptors (Lipinski definition) is 10. The van der Waals surface area contributed by atoms with E-state index in [4.69, 9.17) is 14.5 Å². The van der Waals surface area contributed by atoms with Crippen molar-refractivity contribution >= 4 is 17.3 Å². The number of carbonyl (C=O) groups is 1. The number of nitriles is 1. The van der Waals surface area contributed by atoms with Crippen LogP contribution in [-0.2, 0) is 16.1 Å². The summed E-state index contributed by atoms with van der Waals surface area (Å²) in [6.45, 7) is 5.38. The number of halogens is 3. The number of nitrogens with zero attached hydrogens (tertiary/aromatic N) is 7. The first-order valence-corrected chi connectivity index (χ1v) is 13.9. The van der Waals surface area contributed by atoms with Crippen molar-refractivity contribution in [1.82, 2.24) is 24.5 Å². The maximum atomic E-state index is 12.7. The monoisotopic (exact) mass is 609 g/mol. The fourth-order valence-electron chi connectivity index (χ4n) is 4.87. The molecular weight excluding hydrogens is 579 g/mol. The van der Waals surface area contributed by atoms with Crippen molar-refractivity contribution in [2.75, 3.05) is 44.8 Å². The number of ether oxygens (including phenoxy) is 3. The summed E-state index contributed by atoms with van der Waals surface area (Å²) in [4.78, 5) is 24.8. The zero-order chi connectivity index (χ0) is 31.3. The lowest BCUT2D eigenvalue weighted by molar-refractivity contribution is -0.206. The van der Waals surface area contributed by atoms with E-state index in [0.717, 1.165) is 44.1 Å². The molecule has 14 heteroatoms. The minimum absolute atomic E-state index is 0.121.